The third-order valence-electron chi connectivity index (χ3n) is 4.52. The van der Waals surface area contributed by atoms with Gasteiger partial charge in [0.05, 0.1) is 29.2 Å². The van der Waals surface area contributed by atoms with Crippen molar-refractivity contribution < 1.29 is 9.94 Å². The van der Waals surface area contributed by atoms with Gasteiger partial charge in [-0.25, -0.2) is 4.52 Å². The number of benzene rings is 2. The van der Waals surface area contributed by atoms with Crippen molar-refractivity contribution in [2.75, 3.05) is 5.32 Å². The number of aryl methyl sites for hydroxylation is 1. The number of ether oxygens (including phenoxy) is 1. The first-order chi connectivity index (χ1) is 14.2. The molecule has 0 aliphatic rings. The predicted molar refractivity (Wildman–Crippen MR) is 110 cm³/mol. The van der Waals surface area contributed by atoms with E-state index in [1.54, 1.807) is 10.7 Å². The number of hydrogen-bond donors (Lipinski definition) is 2. The molecule has 0 aliphatic carbocycles. The first-order valence-corrected chi connectivity index (χ1v) is 8.88. The van der Waals surface area contributed by atoms with Gasteiger partial charge in [-0.2, -0.15) is 10.4 Å². The van der Waals surface area contributed by atoms with Gasteiger partial charge in [0.2, 0.25) is 0 Å². The molecule has 4 rings (SSSR count). The maximum absolute atomic E-state index is 9.54. The fraction of sp³-hybridized carbons (Fsp3) is 0.0455. The summed E-state index contributed by atoms with van der Waals surface area (Å²) in [5, 5.41) is 29.1. The van der Waals surface area contributed by atoms with Crippen LogP contribution in [0.15, 0.2) is 72.1 Å². The van der Waals surface area contributed by atoms with E-state index in [-0.39, 0.29) is 0 Å². The number of aromatic nitrogens is 2. The molecule has 0 aliphatic heterocycles. The van der Waals surface area contributed by atoms with Gasteiger partial charge in [-0.3, -0.25) is 0 Å². The lowest BCUT2D eigenvalue weighted by molar-refractivity contribution is 0.322. The summed E-state index contributed by atoms with van der Waals surface area (Å²) in [6.45, 7) is 1.89. The van der Waals surface area contributed by atoms with E-state index in [1.807, 2.05) is 61.5 Å². The minimum absolute atomic E-state index is 0.413. The van der Waals surface area contributed by atoms with Crippen LogP contribution in [0.2, 0.25) is 0 Å². The molecule has 2 N–H and O–H groups in total. The number of nitrogens with zero attached hydrogens (tertiary/aromatic N) is 4. The Morgan fingerprint density at radius 3 is 2.55 bits per heavy atom. The maximum Gasteiger partial charge on any atom is 0.127 e. The molecule has 0 bridgehead atoms. The molecule has 0 saturated carbocycles. The highest BCUT2D eigenvalue weighted by atomic mass is 16.5. The second-order valence-electron chi connectivity index (χ2n) is 6.36. The van der Waals surface area contributed by atoms with Crippen LogP contribution in [0.3, 0.4) is 0 Å². The monoisotopic (exact) mass is 383 g/mol. The molecule has 142 valence electrons. The van der Waals surface area contributed by atoms with Gasteiger partial charge in [0.1, 0.15) is 17.6 Å². The first-order valence-electron chi connectivity index (χ1n) is 8.88. The fourth-order valence-corrected chi connectivity index (χ4v) is 3.09. The Kier molecular flexibility index (Phi) is 4.82. The molecule has 0 fully saturated rings. The van der Waals surface area contributed by atoms with Crippen molar-refractivity contribution in [3.63, 3.8) is 0 Å². The quantitative estimate of drug-likeness (QED) is 0.292. The highest BCUT2D eigenvalue weighted by Crippen LogP contribution is 2.31. The molecule has 7 nitrogen and oxygen atoms in total. The largest absolute Gasteiger partial charge is 0.457 e. The van der Waals surface area contributed by atoms with Crippen molar-refractivity contribution in [2.45, 2.75) is 6.92 Å². The van der Waals surface area contributed by atoms with E-state index in [4.69, 9.17) is 9.94 Å². The second kappa shape index (κ2) is 7.74. The maximum atomic E-state index is 9.54. The zero-order valence-electron chi connectivity index (χ0n) is 15.6. The minimum atomic E-state index is 0.413. The van der Waals surface area contributed by atoms with E-state index < -0.39 is 0 Å². The SMILES string of the molecule is Cc1c(C=NO)cn2ncc(C#N)c(Nc3ccc(Oc4ccccc4)cc3)c12. The number of para-hydroxylation sites is 1. The highest BCUT2D eigenvalue weighted by Gasteiger charge is 2.15. The summed E-state index contributed by atoms with van der Waals surface area (Å²) < 4.78 is 7.47. The number of rotatable bonds is 5. The molecule has 4 aromatic rings. The Balaban J connectivity index is 1.67. The van der Waals surface area contributed by atoms with Crippen molar-refractivity contribution in [3.05, 3.63) is 83.7 Å². The zero-order chi connectivity index (χ0) is 20.2. The van der Waals surface area contributed by atoms with Crippen molar-refractivity contribution in [3.8, 4) is 17.6 Å². The van der Waals surface area contributed by atoms with E-state index in [1.165, 1.54) is 12.4 Å². The summed E-state index contributed by atoms with van der Waals surface area (Å²) in [5.41, 5.74) is 4.14. The van der Waals surface area contributed by atoms with Crippen LogP contribution in [-0.4, -0.2) is 21.0 Å². The number of nitrogens with one attached hydrogen (secondary N) is 1. The van der Waals surface area contributed by atoms with Crippen molar-refractivity contribution in [1.29, 1.82) is 5.26 Å². The van der Waals surface area contributed by atoms with Crippen LogP contribution in [0.25, 0.3) is 5.52 Å². The standard InChI is InChI=1S/C22H17N5O2/c1-15-17(13-25-28)14-27-22(15)21(16(11-23)12-24-27)26-18-7-9-20(10-8-18)29-19-5-3-2-4-6-19/h2-10,12-14,26,28H,1H3. The Morgan fingerprint density at radius 1 is 1.14 bits per heavy atom. The summed E-state index contributed by atoms with van der Waals surface area (Å²) >= 11 is 0. The van der Waals surface area contributed by atoms with Crippen LogP contribution >= 0.6 is 0 Å². The third-order valence-corrected chi connectivity index (χ3v) is 4.52. The van der Waals surface area contributed by atoms with Gasteiger partial charge in [0, 0.05) is 17.4 Å². The third kappa shape index (κ3) is 3.59. The lowest BCUT2D eigenvalue weighted by Gasteiger charge is -2.12. The van der Waals surface area contributed by atoms with Crippen LogP contribution < -0.4 is 10.1 Å². The predicted octanol–water partition coefficient (Wildman–Crippen LogP) is 4.86. The minimum Gasteiger partial charge on any atom is -0.457 e. The van der Waals surface area contributed by atoms with E-state index >= 15 is 0 Å². The Hall–Kier alpha value is -4.31. The summed E-state index contributed by atoms with van der Waals surface area (Å²) in [4.78, 5) is 0. The molecule has 0 spiro atoms. The molecule has 2 aromatic carbocycles. The number of anilines is 2. The topological polar surface area (TPSA) is 94.9 Å². The average molecular weight is 383 g/mol. The molecule has 2 heterocycles. The molecular formula is C22H17N5O2. The molecule has 0 radical (unpaired) electrons. The van der Waals surface area contributed by atoms with Gasteiger partial charge in [0.25, 0.3) is 0 Å². The molecule has 0 amide bonds. The first kappa shape index (κ1) is 18.1. The van der Waals surface area contributed by atoms with Gasteiger partial charge in [-0.15, -0.1) is 0 Å². The van der Waals surface area contributed by atoms with Gasteiger partial charge < -0.3 is 15.3 Å². The second-order valence-corrected chi connectivity index (χ2v) is 6.36. The van der Waals surface area contributed by atoms with Crippen LogP contribution in [0, 0.1) is 18.3 Å². The lowest BCUT2D eigenvalue weighted by atomic mass is 10.1. The van der Waals surface area contributed by atoms with Gasteiger partial charge in [-0.1, -0.05) is 23.4 Å². The lowest BCUT2D eigenvalue weighted by Crippen LogP contribution is -2.00. The van der Waals surface area contributed by atoms with Crippen LogP contribution in [0.5, 0.6) is 11.5 Å². The number of hydrogen-bond acceptors (Lipinski definition) is 6. The fourth-order valence-electron chi connectivity index (χ4n) is 3.09. The average Bonchev–Trinajstić information content (AvgIpc) is 3.06. The van der Waals surface area contributed by atoms with E-state index in [0.717, 1.165) is 22.5 Å². The van der Waals surface area contributed by atoms with Crippen LogP contribution in [-0.2, 0) is 0 Å². The molecule has 0 saturated heterocycles. The molecule has 0 atom stereocenters. The van der Waals surface area contributed by atoms with Gasteiger partial charge in [0.15, 0.2) is 0 Å². The molecule has 7 heteroatoms. The van der Waals surface area contributed by atoms with Gasteiger partial charge in [-0.05, 0) is 48.9 Å². The van der Waals surface area contributed by atoms with Crippen molar-refractivity contribution in [1.82, 2.24) is 9.61 Å². The molecule has 0 unspecified atom stereocenters. The van der Waals surface area contributed by atoms with Crippen LogP contribution in [0.1, 0.15) is 16.7 Å². The molecular weight excluding hydrogens is 366 g/mol. The Bertz CT molecular complexity index is 1220. The summed E-state index contributed by atoms with van der Waals surface area (Å²) in [5.74, 6) is 1.47. The number of fused-ring (bicyclic) bond motifs is 1. The Morgan fingerprint density at radius 2 is 1.86 bits per heavy atom. The zero-order valence-corrected chi connectivity index (χ0v) is 15.6. The van der Waals surface area contributed by atoms with E-state index in [0.29, 0.717) is 22.6 Å². The summed E-state index contributed by atoms with van der Waals surface area (Å²) in [7, 11) is 0. The van der Waals surface area contributed by atoms with Crippen LogP contribution in [0.4, 0.5) is 11.4 Å². The number of nitriles is 1. The molecule has 2 aromatic heterocycles. The van der Waals surface area contributed by atoms with Crippen molar-refractivity contribution >= 4 is 23.1 Å². The number of oxime groups is 1. The van der Waals surface area contributed by atoms with Crippen molar-refractivity contribution in [2.24, 2.45) is 5.16 Å². The molecule has 29 heavy (non-hydrogen) atoms. The van der Waals surface area contributed by atoms with E-state index in [2.05, 4.69) is 21.6 Å². The summed E-state index contributed by atoms with van der Waals surface area (Å²) in [6, 6.07) is 19.2. The van der Waals surface area contributed by atoms with Gasteiger partial charge >= 0.3 is 0 Å². The van der Waals surface area contributed by atoms with E-state index in [9.17, 15) is 5.26 Å². The Labute approximate surface area is 167 Å². The smallest absolute Gasteiger partial charge is 0.127 e. The highest BCUT2D eigenvalue weighted by molar-refractivity contribution is 5.92. The normalized spacial score (nSPS) is 10.9. The summed E-state index contributed by atoms with van der Waals surface area (Å²) in [6.07, 6.45) is 4.59.